The van der Waals surface area contributed by atoms with Crippen molar-refractivity contribution in [2.24, 2.45) is 0 Å². The number of nitrogens with zero attached hydrogens (tertiary/aromatic N) is 2. The summed E-state index contributed by atoms with van der Waals surface area (Å²) in [6, 6.07) is 37.5. The molecule has 0 amide bonds. The number of aryl methyl sites for hydroxylation is 2. The molecule has 1 atom stereocenters. The number of halogens is 2. The highest BCUT2D eigenvalue weighted by atomic mass is 19.1. The van der Waals surface area contributed by atoms with Crippen molar-refractivity contribution in [1.82, 2.24) is 4.57 Å². The predicted octanol–water partition coefficient (Wildman–Crippen LogP) is 9.63. The van der Waals surface area contributed by atoms with Gasteiger partial charge < -0.3 is 9.47 Å². The first-order valence-corrected chi connectivity index (χ1v) is 13.6. The van der Waals surface area contributed by atoms with Crippen LogP contribution in [-0.2, 0) is 6.42 Å². The van der Waals surface area contributed by atoms with Crippen molar-refractivity contribution in [3.05, 3.63) is 149 Å². The lowest BCUT2D eigenvalue weighted by Crippen LogP contribution is -2.19. The zero-order chi connectivity index (χ0) is 27.4. The van der Waals surface area contributed by atoms with Gasteiger partial charge in [0.05, 0.1) is 17.3 Å². The number of rotatable bonds is 4. The molecule has 7 rings (SSSR count). The third-order valence-electron chi connectivity index (χ3n) is 7.99. The molecule has 0 aliphatic carbocycles. The molecule has 0 saturated heterocycles. The molecule has 0 saturated carbocycles. The van der Waals surface area contributed by atoms with Gasteiger partial charge >= 0.3 is 0 Å². The Kier molecular flexibility index (Phi) is 5.78. The van der Waals surface area contributed by atoms with Crippen LogP contribution in [0, 0.1) is 25.5 Å². The van der Waals surface area contributed by atoms with Crippen LogP contribution in [-0.4, -0.2) is 4.57 Å². The molecule has 1 aliphatic heterocycles. The average molecular weight is 527 g/mol. The molecule has 0 radical (unpaired) electrons. The van der Waals surface area contributed by atoms with Crippen molar-refractivity contribution in [2.75, 3.05) is 4.90 Å². The fraction of sp³-hybridized carbons (Fsp3) is 0.111. The first-order chi connectivity index (χ1) is 19.4. The molecule has 2 heterocycles. The van der Waals surface area contributed by atoms with E-state index < -0.39 is 0 Å². The lowest BCUT2D eigenvalue weighted by molar-refractivity contribution is 0.627. The third kappa shape index (κ3) is 4.17. The van der Waals surface area contributed by atoms with Crippen LogP contribution in [0.25, 0.3) is 27.8 Å². The maximum atomic E-state index is 13.9. The fourth-order valence-electron chi connectivity index (χ4n) is 5.92. The quantitative estimate of drug-likeness (QED) is 0.222. The minimum atomic E-state index is -0.256. The first kappa shape index (κ1) is 24.3. The Morgan fingerprint density at radius 1 is 0.625 bits per heavy atom. The van der Waals surface area contributed by atoms with E-state index in [4.69, 9.17) is 0 Å². The summed E-state index contributed by atoms with van der Waals surface area (Å²) in [5.74, 6) is -0.501. The van der Waals surface area contributed by atoms with Gasteiger partial charge in [0.2, 0.25) is 0 Å². The number of anilines is 2. The van der Waals surface area contributed by atoms with Gasteiger partial charge in [-0.2, -0.15) is 0 Å². The molecule has 40 heavy (non-hydrogen) atoms. The summed E-state index contributed by atoms with van der Waals surface area (Å²) in [6.45, 7) is 4.18. The highest BCUT2D eigenvalue weighted by molar-refractivity contribution is 5.94. The second-order valence-corrected chi connectivity index (χ2v) is 10.7. The van der Waals surface area contributed by atoms with Gasteiger partial charge in [-0.05, 0) is 104 Å². The second-order valence-electron chi connectivity index (χ2n) is 10.7. The van der Waals surface area contributed by atoms with Gasteiger partial charge in [-0.25, -0.2) is 8.78 Å². The van der Waals surface area contributed by atoms with Crippen LogP contribution < -0.4 is 4.90 Å². The molecule has 5 aromatic carbocycles. The molecule has 0 spiro atoms. The molecule has 2 nitrogen and oxygen atoms in total. The smallest absolute Gasteiger partial charge is 0.123 e. The van der Waals surface area contributed by atoms with E-state index in [1.165, 1.54) is 46.5 Å². The van der Waals surface area contributed by atoms with E-state index in [0.717, 1.165) is 45.6 Å². The van der Waals surface area contributed by atoms with Crippen LogP contribution in [0.15, 0.2) is 115 Å². The standard InChI is InChI=1S/C36H28F2N2/c1-23-3-7-25(8-4-23)33-19-27-21-36-28(22-35(27)39(33)31-15-11-29(37)12-16-31)20-34(26-9-5-24(2)6-10-26)40(36)32-17-13-30(38)14-18-32/h3-19,21-22,34H,20H2,1-2H3. The van der Waals surface area contributed by atoms with Crippen molar-refractivity contribution < 1.29 is 8.78 Å². The van der Waals surface area contributed by atoms with Crippen molar-refractivity contribution in [1.29, 1.82) is 0 Å². The average Bonchev–Trinajstić information content (AvgIpc) is 3.51. The van der Waals surface area contributed by atoms with Crippen molar-refractivity contribution in [3.8, 4) is 16.9 Å². The van der Waals surface area contributed by atoms with Crippen LogP contribution in [0.1, 0.15) is 28.3 Å². The SMILES string of the molecule is Cc1ccc(-c2cc3cc4c(cc3n2-c2ccc(F)cc2)CC(c2ccc(C)cc2)N4c2ccc(F)cc2)cc1. The largest absolute Gasteiger partial charge is 0.333 e. The summed E-state index contributed by atoms with van der Waals surface area (Å²) in [7, 11) is 0. The van der Waals surface area contributed by atoms with Gasteiger partial charge in [-0.1, -0.05) is 59.7 Å². The van der Waals surface area contributed by atoms with Gasteiger partial charge in [0.15, 0.2) is 0 Å². The molecule has 0 bridgehead atoms. The van der Waals surface area contributed by atoms with Gasteiger partial charge in [-0.3, -0.25) is 0 Å². The number of hydrogen-bond acceptors (Lipinski definition) is 1. The summed E-state index contributed by atoms with van der Waals surface area (Å²) in [4.78, 5) is 2.33. The zero-order valence-electron chi connectivity index (χ0n) is 22.4. The van der Waals surface area contributed by atoms with Crippen LogP contribution >= 0.6 is 0 Å². The van der Waals surface area contributed by atoms with Crippen LogP contribution in [0.5, 0.6) is 0 Å². The normalized spacial score (nSPS) is 14.6. The first-order valence-electron chi connectivity index (χ1n) is 13.6. The van der Waals surface area contributed by atoms with E-state index in [0.29, 0.717) is 0 Å². The van der Waals surface area contributed by atoms with E-state index in [1.807, 2.05) is 24.3 Å². The fourth-order valence-corrected chi connectivity index (χ4v) is 5.92. The van der Waals surface area contributed by atoms with Gasteiger partial charge in [-0.15, -0.1) is 0 Å². The number of benzene rings is 5. The monoisotopic (exact) mass is 526 g/mol. The van der Waals surface area contributed by atoms with Crippen LogP contribution in [0.4, 0.5) is 20.2 Å². The summed E-state index contributed by atoms with van der Waals surface area (Å²) in [6.07, 6.45) is 0.820. The molecular weight excluding hydrogens is 498 g/mol. The van der Waals surface area contributed by atoms with Crippen LogP contribution in [0.2, 0.25) is 0 Å². The minimum absolute atomic E-state index is 0.0865. The van der Waals surface area contributed by atoms with Gasteiger partial charge in [0.1, 0.15) is 11.6 Å². The lowest BCUT2D eigenvalue weighted by Gasteiger charge is -2.28. The Morgan fingerprint density at radius 2 is 1.20 bits per heavy atom. The minimum Gasteiger partial charge on any atom is -0.333 e. The lowest BCUT2D eigenvalue weighted by atomic mass is 10.0. The zero-order valence-corrected chi connectivity index (χ0v) is 22.4. The van der Waals surface area contributed by atoms with E-state index in [9.17, 15) is 8.78 Å². The van der Waals surface area contributed by atoms with E-state index in [2.05, 4.69) is 90.0 Å². The third-order valence-corrected chi connectivity index (χ3v) is 7.99. The molecule has 0 fully saturated rings. The molecule has 4 heteroatoms. The summed E-state index contributed by atoms with van der Waals surface area (Å²) in [5.41, 5.74) is 11.1. The Balaban J connectivity index is 1.45. The molecule has 6 aromatic rings. The molecule has 1 aliphatic rings. The molecule has 196 valence electrons. The number of fused-ring (bicyclic) bond motifs is 2. The van der Waals surface area contributed by atoms with Crippen molar-refractivity contribution in [2.45, 2.75) is 26.3 Å². The maximum absolute atomic E-state index is 13.9. The highest BCUT2D eigenvalue weighted by Gasteiger charge is 2.33. The van der Waals surface area contributed by atoms with Crippen molar-refractivity contribution >= 4 is 22.3 Å². The van der Waals surface area contributed by atoms with Gasteiger partial charge in [0, 0.05) is 22.4 Å². The predicted molar refractivity (Wildman–Crippen MR) is 160 cm³/mol. The molecule has 1 aromatic heterocycles. The highest BCUT2D eigenvalue weighted by Crippen LogP contribution is 2.48. The van der Waals surface area contributed by atoms with Gasteiger partial charge in [0.25, 0.3) is 0 Å². The Labute approximate surface area is 232 Å². The Hall–Kier alpha value is -4.70. The maximum Gasteiger partial charge on any atom is 0.123 e. The summed E-state index contributed by atoms with van der Waals surface area (Å²) < 4.78 is 30.1. The van der Waals surface area contributed by atoms with E-state index in [-0.39, 0.29) is 17.7 Å². The Bertz CT molecular complexity index is 1830. The molecular formula is C36H28F2N2. The van der Waals surface area contributed by atoms with E-state index in [1.54, 1.807) is 0 Å². The van der Waals surface area contributed by atoms with Crippen LogP contribution in [0.3, 0.4) is 0 Å². The molecule has 0 N–H and O–H groups in total. The number of hydrogen-bond donors (Lipinski definition) is 0. The number of aromatic nitrogens is 1. The second kappa shape index (κ2) is 9.49. The topological polar surface area (TPSA) is 8.17 Å². The van der Waals surface area contributed by atoms with E-state index >= 15 is 0 Å². The summed E-state index contributed by atoms with van der Waals surface area (Å²) >= 11 is 0. The van der Waals surface area contributed by atoms with Crippen molar-refractivity contribution in [3.63, 3.8) is 0 Å². The summed E-state index contributed by atoms with van der Waals surface area (Å²) in [5, 5.41) is 1.09. The molecule has 1 unspecified atom stereocenters. The Morgan fingerprint density at radius 3 is 1.82 bits per heavy atom.